The van der Waals surface area contributed by atoms with E-state index in [9.17, 15) is 23.6 Å². The van der Waals surface area contributed by atoms with E-state index in [0.717, 1.165) is 37.4 Å². The number of Topliss-reactive ketones (excluding diaryl/α,β-unsaturated/α-hetero) is 1. The minimum atomic E-state index is -0.894. The predicted molar refractivity (Wildman–Crippen MR) is 154 cm³/mol. The van der Waals surface area contributed by atoms with Crippen LogP contribution < -0.4 is 15.5 Å². The van der Waals surface area contributed by atoms with Crippen molar-refractivity contribution < 1.29 is 23.6 Å². The zero-order valence-electron chi connectivity index (χ0n) is 21.5. The lowest BCUT2D eigenvalue weighted by Gasteiger charge is -2.31. The van der Waals surface area contributed by atoms with Gasteiger partial charge in [-0.1, -0.05) is 18.9 Å². The van der Waals surface area contributed by atoms with E-state index in [4.69, 9.17) is 0 Å². The number of carbonyl (C=O) groups is 4. The number of carbonyl (C=O) groups excluding carboxylic acids is 4. The van der Waals surface area contributed by atoms with Gasteiger partial charge in [-0.3, -0.25) is 24.1 Å². The molecule has 204 valence electrons. The molecule has 3 amide bonds. The van der Waals surface area contributed by atoms with E-state index in [1.807, 2.05) is 17.5 Å². The average molecular weight is 568 g/mol. The second kappa shape index (κ2) is 13.5. The monoisotopic (exact) mass is 567 g/mol. The molecule has 1 aromatic heterocycles. The van der Waals surface area contributed by atoms with E-state index in [1.54, 1.807) is 24.3 Å². The fourth-order valence-electron chi connectivity index (χ4n) is 4.50. The first-order chi connectivity index (χ1) is 18.8. The number of hydrogen-bond donors (Lipinski definition) is 2. The first kappa shape index (κ1) is 28.5. The van der Waals surface area contributed by atoms with Crippen LogP contribution in [-0.2, 0) is 14.4 Å². The summed E-state index contributed by atoms with van der Waals surface area (Å²) >= 11 is 2.51. The van der Waals surface area contributed by atoms with Crippen LogP contribution in [0.15, 0.2) is 66.0 Å². The van der Waals surface area contributed by atoms with Gasteiger partial charge in [0.1, 0.15) is 11.9 Å². The molecule has 1 aliphatic rings. The molecule has 7 nitrogen and oxygen atoms in total. The maximum atomic E-state index is 13.7. The molecule has 2 aromatic carbocycles. The Morgan fingerprint density at radius 3 is 2.31 bits per heavy atom. The summed E-state index contributed by atoms with van der Waals surface area (Å²) in [5.41, 5.74) is 1.45. The van der Waals surface area contributed by atoms with Gasteiger partial charge in [-0.25, -0.2) is 4.39 Å². The maximum absolute atomic E-state index is 13.7. The fraction of sp³-hybridized carbons (Fsp3) is 0.310. The van der Waals surface area contributed by atoms with E-state index >= 15 is 0 Å². The van der Waals surface area contributed by atoms with E-state index in [2.05, 4.69) is 10.6 Å². The van der Waals surface area contributed by atoms with Crippen LogP contribution in [0.25, 0.3) is 0 Å². The number of rotatable bonds is 11. The fourth-order valence-corrected chi connectivity index (χ4v) is 5.98. The number of hydrogen-bond acceptors (Lipinski definition) is 6. The number of nitrogens with zero attached hydrogens (tertiary/aromatic N) is 1. The van der Waals surface area contributed by atoms with Gasteiger partial charge in [0, 0.05) is 27.9 Å². The molecule has 1 unspecified atom stereocenters. The van der Waals surface area contributed by atoms with E-state index in [0.29, 0.717) is 21.8 Å². The topological polar surface area (TPSA) is 95.6 Å². The van der Waals surface area contributed by atoms with Gasteiger partial charge in [0.25, 0.3) is 0 Å². The molecule has 1 saturated carbocycles. The molecule has 0 aliphatic heterocycles. The van der Waals surface area contributed by atoms with Gasteiger partial charge < -0.3 is 10.6 Å². The lowest BCUT2D eigenvalue weighted by Crippen LogP contribution is -2.46. The number of thiophene rings is 1. The maximum Gasteiger partial charge on any atom is 0.248 e. The SMILES string of the molecule is CC(=O)c1ccc(N(C(=O)CSCC(=O)Nc2ccc(F)cc2)C(C(=O)NC2CCCC2)c2cccs2)cc1. The quantitative estimate of drug-likeness (QED) is 0.294. The van der Waals surface area contributed by atoms with Crippen molar-refractivity contribution in [3.63, 3.8) is 0 Å². The number of ketones is 1. The van der Waals surface area contributed by atoms with Crippen LogP contribution in [-0.4, -0.2) is 41.1 Å². The van der Waals surface area contributed by atoms with Crippen molar-refractivity contribution in [1.29, 1.82) is 0 Å². The van der Waals surface area contributed by atoms with Gasteiger partial charge in [0.15, 0.2) is 5.78 Å². The summed E-state index contributed by atoms with van der Waals surface area (Å²) in [6.07, 6.45) is 3.92. The molecule has 3 aromatic rings. The Balaban J connectivity index is 1.53. The predicted octanol–water partition coefficient (Wildman–Crippen LogP) is 5.59. The van der Waals surface area contributed by atoms with Crippen molar-refractivity contribution in [2.75, 3.05) is 21.7 Å². The highest BCUT2D eigenvalue weighted by molar-refractivity contribution is 8.00. The summed E-state index contributed by atoms with van der Waals surface area (Å²) in [7, 11) is 0. The zero-order chi connectivity index (χ0) is 27.8. The molecule has 1 heterocycles. The average Bonchev–Trinajstić information content (AvgIpc) is 3.63. The van der Waals surface area contributed by atoms with Gasteiger partial charge in [-0.15, -0.1) is 23.1 Å². The molecule has 0 spiro atoms. The minimum absolute atomic E-state index is 0.00182. The Morgan fingerprint density at radius 1 is 1.00 bits per heavy atom. The highest BCUT2D eigenvalue weighted by atomic mass is 32.2. The van der Waals surface area contributed by atoms with E-state index in [1.165, 1.54) is 47.4 Å². The second-order valence-corrected chi connectivity index (χ2v) is 11.3. The van der Waals surface area contributed by atoms with Crippen LogP contribution in [0, 0.1) is 5.82 Å². The Morgan fingerprint density at radius 2 is 1.69 bits per heavy atom. The zero-order valence-corrected chi connectivity index (χ0v) is 23.2. The number of amides is 3. The number of benzene rings is 2. The molecule has 0 bridgehead atoms. The van der Waals surface area contributed by atoms with Gasteiger partial charge in [0.2, 0.25) is 17.7 Å². The number of anilines is 2. The van der Waals surface area contributed by atoms with Crippen LogP contribution >= 0.6 is 23.1 Å². The Hall–Kier alpha value is -3.50. The summed E-state index contributed by atoms with van der Waals surface area (Å²) in [5, 5.41) is 7.67. The minimum Gasteiger partial charge on any atom is -0.351 e. The van der Waals surface area contributed by atoms with Crippen molar-refractivity contribution in [3.05, 3.63) is 82.3 Å². The molecule has 1 aliphatic carbocycles. The lowest BCUT2D eigenvalue weighted by atomic mass is 10.1. The largest absolute Gasteiger partial charge is 0.351 e. The third-order valence-corrected chi connectivity index (χ3v) is 8.27. The van der Waals surface area contributed by atoms with Crippen molar-refractivity contribution in [2.45, 2.75) is 44.7 Å². The normalized spacial score (nSPS) is 14.0. The first-order valence-corrected chi connectivity index (χ1v) is 14.8. The number of thioether (sulfide) groups is 1. The summed E-state index contributed by atoms with van der Waals surface area (Å²) < 4.78 is 13.1. The summed E-state index contributed by atoms with van der Waals surface area (Å²) in [5.74, 6) is -1.48. The highest BCUT2D eigenvalue weighted by Crippen LogP contribution is 2.32. The van der Waals surface area contributed by atoms with Crippen LogP contribution in [0.2, 0.25) is 0 Å². The third-order valence-electron chi connectivity index (χ3n) is 6.43. The third kappa shape index (κ3) is 7.77. The molecule has 1 atom stereocenters. The van der Waals surface area contributed by atoms with E-state index in [-0.39, 0.29) is 41.1 Å². The van der Waals surface area contributed by atoms with Gasteiger partial charge in [-0.2, -0.15) is 0 Å². The Bertz CT molecular complexity index is 1290. The Labute approximate surface area is 235 Å². The molecule has 0 saturated heterocycles. The first-order valence-electron chi connectivity index (χ1n) is 12.7. The highest BCUT2D eigenvalue weighted by Gasteiger charge is 2.35. The molecular weight excluding hydrogens is 537 g/mol. The van der Waals surface area contributed by atoms with Crippen LogP contribution in [0.3, 0.4) is 0 Å². The van der Waals surface area contributed by atoms with Gasteiger partial charge in [-0.05, 0) is 79.7 Å². The molecule has 0 radical (unpaired) electrons. The summed E-state index contributed by atoms with van der Waals surface area (Å²) in [6.45, 7) is 1.47. The van der Waals surface area contributed by atoms with Crippen molar-refractivity contribution in [1.82, 2.24) is 5.32 Å². The second-order valence-electron chi connectivity index (χ2n) is 9.32. The summed E-state index contributed by atoms with van der Waals surface area (Å²) in [6, 6.07) is 14.9. The molecule has 2 N–H and O–H groups in total. The van der Waals surface area contributed by atoms with Crippen molar-refractivity contribution in [3.8, 4) is 0 Å². The van der Waals surface area contributed by atoms with Gasteiger partial charge in [0.05, 0.1) is 11.5 Å². The van der Waals surface area contributed by atoms with Crippen LogP contribution in [0.4, 0.5) is 15.8 Å². The van der Waals surface area contributed by atoms with E-state index < -0.39 is 11.9 Å². The standard InChI is InChI=1S/C29H30FN3O4S2/c1-19(34)20-8-14-24(15-9-20)33(27(36)18-38-17-26(35)31-23-12-10-21(30)11-13-23)28(25-7-4-16-39-25)29(37)32-22-5-2-3-6-22/h4,7-16,22,28H,2-3,5-6,17-18H2,1H3,(H,31,35)(H,32,37). The van der Waals surface area contributed by atoms with Gasteiger partial charge >= 0.3 is 0 Å². The van der Waals surface area contributed by atoms with Crippen molar-refractivity contribution >= 4 is 58.0 Å². The Kier molecular flexibility index (Phi) is 9.89. The molecule has 10 heteroatoms. The van der Waals surface area contributed by atoms with Crippen molar-refractivity contribution in [2.24, 2.45) is 0 Å². The molecular formula is C29H30FN3O4S2. The van der Waals surface area contributed by atoms with Crippen LogP contribution in [0.1, 0.15) is 53.9 Å². The number of nitrogens with one attached hydrogen (secondary N) is 2. The lowest BCUT2D eigenvalue weighted by molar-refractivity contribution is -0.126. The smallest absolute Gasteiger partial charge is 0.248 e. The number of halogens is 1. The van der Waals surface area contributed by atoms with Crippen LogP contribution in [0.5, 0.6) is 0 Å². The molecule has 1 fully saturated rings. The molecule has 4 rings (SSSR count). The molecule has 39 heavy (non-hydrogen) atoms. The summed E-state index contributed by atoms with van der Waals surface area (Å²) in [4.78, 5) is 53.8.